The van der Waals surface area contributed by atoms with Crippen molar-refractivity contribution in [2.75, 3.05) is 7.05 Å². The lowest BCUT2D eigenvalue weighted by Gasteiger charge is -2.15. The summed E-state index contributed by atoms with van der Waals surface area (Å²) < 4.78 is 5.86. The van der Waals surface area contributed by atoms with Crippen LogP contribution in [0.1, 0.15) is 24.1 Å². The van der Waals surface area contributed by atoms with Gasteiger partial charge in [-0.2, -0.15) is 0 Å². The molecule has 1 aromatic carbocycles. The summed E-state index contributed by atoms with van der Waals surface area (Å²) in [6, 6.07) is 9.67. The molecule has 2 aromatic rings. The third-order valence-corrected chi connectivity index (χ3v) is 3.47. The minimum atomic E-state index is 0.178. The number of aromatic nitrogens is 1. The maximum Gasteiger partial charge on any atom is 0.223 e. The Kier molecular flexibility index (Phi) is 4.40. The Morgan fingerprint density at radius 3 is 2.79 bits per heavy atom. The normalized spacial score (nSPS) is 12.2. The van der Waals surface area contributed by atoms with Gasteiger partial charge >= 0.3 is 0 Å². The summed E-state index contributed by atoms with van der Waals surface area (Å²) in [5.74, 6) is 1.36. The predicted molar refractivity (Wildman–Crippen MR) is 78.0 cm³/mol. The second-order valence-corrected chi connectivity index (χ2v) is 4.83. The van der Waals surface area contributed by atoms with E-state index in [2.05, 4.69) is 17.2 Å². The highest BCUT2D eigenvalue weighted by molar-refractivity contribution is 6.31. The van der Waals surface area contributed by atoms with Crippen LogP contribution in [0.3, 0.4) is 0 Å². The molecule has 0 saturated heterocycles. The molecule has 19 heavy (non-hydrogen) atoms. The molecule has 0 fully saturated rings. The van der Waals surface area contributed by atoms with Crippen molar-refractivity contribution in [2.24, 2.45) is 0 Å². The molecular weight excluding hydrogens is 260 g/mol. The smallest absolute Gasteiger partial charge is 0.223 e. The fraction of sp³-hybridized carbons (Fsp3) is 0.267. The number of pyridine rings is 1. The molecule has 1 unspecified atom stereocenters. The molecule has 1 aromatic heterocycles. The second-order valence-electron chi connectivity index (χ2n) is 4.42. The number of benzene rings is 1. The van der Waals surface area contributed by atoms with Gasteiger partial charge in [0.25, 0.3) is 0 Å². The largest absolute Gasteiger partial charge is 0.439 e. The molecule has 0 spiro atoms. The number of ether oxygens (including phenoxy) is 1. The van der Waals surface area contributed by atoms with E-state index in [-0.39, 0.29) is 6.04 Å². The third kappa shape index (κ3) is 3.25. The van der Waals surface area contributed by atoms with Crippen LogP contribution < -0.4 is 10.1 Å². The molecule has 0 radical (unpaired) electrons. The number of hydrogen-bond donors (Lipinski definition) is 1. The summed E-state index contributed by atoms with van der Waals surface area (Å²) in [4.78, 5) is 4.30. The quantitative estimate of drug-likeness (QED) is 0.912. The van der Waals surface area contributed by atoms with Crippen LogP contribution in [0.25, 0.3) is 0 Å². The van der Waals surface area contributed by atoms with Gasteiger partial charge in [-0.3, -0.25) is 0 Å². The van der Waals surface area contributed by atoms with E-state index >= 15 is 0 Å². The van der Waals surface area contributed by atoms with Crippen molar-refractivity contribution in [3.05, 3.63) is 52.7 Å². The van der Waals surface area contributed by atoms with Gasteiger partial charge in [-0.1, -0.05) is 17.7 Å². The van der Waals surface area contributed by atoms with Crippen molar-refractivity contribution in [1.82, 2.24) is 10.3 Å². The molecule has 100 valence electrons. The Bertz CT molecular complexity index is 572. The van der Waals surface area contributed by atoms with Crippen molar-refractivity contribution in [1.29, 1.82) is 0 Å². The molecule has 1 heterocycles. The Hall–Kier alpha value is -1.58. The first-order chi connectivity index (χ1) is 9.11. The van der Waals surface area contributed by atoms with Crippen LogP contribution in [0, 0.1) is 6.92 Å². The van der Waals surface area contributed by atoms with E-state index in [0.29, 0.717) is 5.88 Å². The highest BCUT2D eigenvalue weighted by Crippen LogP contribution is 2.29. The minimum Gasteiger partial charge on any atom is -0.439 e. The maximum absolute atomic E-state index is 6.01. The molecule has 1 atom stereocenters. The maximum atomic E-state index is 6.01. The van der Waals surface area contributed by atoms with Crippen molar-refractivity contribution in [3.8, 4) is 11.6 Å². The summed E-state index contributed by atoms with van der Waals surface area (Å²) in [6.45, 7) is 4.02. The number of hydrogen-bond acceptors (Lipinski definition) is 3. The zero-order valence-corrected chi connectivity index (χ0v) is 12.0. The van der Waals surface area contributed by atoms with Crippen molar-refractivity contribution in [2.45, 2.75) is 19.9 Å². The van der Waals surface area contributed by atoms with Crippen LogP contribution in [0.4, 0.5) is 0 Å². The van der Waals surface area contributed by atoms with Gasteiger partial charge < -0.3 is 10.1 Å². The van der Waals surface area contributed by atoms with Crippen LogP contribution in [0.5, 0.6) is 11.6 Å². The number of nitrogens with one attached hydrogen (secondary N) is 1. The van der Waals surface area contributed by atoms with Gasteiger partial charge in [-0.15, -0.1) is 0 Å². The predicted octanol–water partition coefficient (Wildman–Crippen LogP) is 4.12. The molecule has 0 aliphatic rings. The third-order valence-electron chi connectivity index (χ3n) is 3.04. The summed E-state index contributed by atoms with van der Waals surface area (Å²) in [7, 11) is 1.91. The lowest BCUT2D eigenvalue weighted by Crippen LogP contribution is -2.13. The highest BCUT2D eigenvalue weighted by Gasteiger charge is 2.11. The first-order valence-electron chi connectivity index (χ1n) is 6.18. The molecule has 0 amide bonds. The molecule has 0 aliphatic carbocycles. The van der Waals surface area contributed by atoms with Gasteiger partial charge in [-0.25, -0.2) is 4.98 Å². The van der Waals surface area contributed by atoms with Crippen molar-refractivity contribution < 1.29 is 4.74 Å². The Morgan fingerprint density at radius 1 is 1.32 bits per heavy atom. The van der Waals surface area contributed by atoms with E-state index < -0.39 is 0 Å². The first-order valence-corrected chi connectivity index (χ1v) is 6.56. The van der Waals surface area contributed by atoms with Crippen molar-refractivity contribution >= 4 is 11.6 Å². The standard InChI is InChI=1S/C15H17ClN2O/c1-10-9-12(6-7-14(10)16)19-15-13(11(2)17-3)5-4-8-18-15/h4-9,11,17H,1-3H3. The van der Waals surface area contributed by atoms with Crippen molar-refractivity contribution in [3.63, 3.8) is 0 Å². The lowest BCUT2D eigenvalue weighted by atomic mass is 10.1. The second kappa shape index (κ2) is 6.04. The van der Waals surface area contributed by atoms with Gasteiger partial charge in [0, 0.05) is 22.8 Å². The van der Waals surface area contributed by atoms with Crippen LogP contribution in [-0.4, -0.2) is 12.0 Å². The van der Waals surface area contributed by atoms with Crippen LogP contribution in [0.2, 0.25) is 5.02 Å². The zero-order chi connectivity index (χ0) is 13.8. The van der Waals surface area contributed by atoms with E-state index in [1.165, 1.54) is 0 Å². The average Bonchev–Trinajstić information content (AvgIpc) is 2.43. The Labute approximate surface area is 118 Å². The summed E-state index contributed by atoms with van der Waals surface area (Å²) in [5.41, 5.74) is 2.01. The monoisotopic (exact) mass is 276 g/mol. The molecule has 1 N–H and O–H groups in total. The fourth-order valence-electron chi connectivity index (χ4n) is 1.77. The van der Waals surface area contributed by atoms with E-state index in [4.69, 9.17) is 16.3 Å². The summed E-state index contributed by atoms with van der Waals surface area (Å²) in [5, 5.41) is 3.92. The van der Waals surface area contributed by atoms with E-state index in [0.717, 1.165) is 21.9 Å². The van der Waals surface area contributed by atoms with Gasteiger partial charge in [0.1, 0.15) is 5.75 Å². The summed E-state index contributed by atoms with van der Waals surface area (Å²) in [6.07, 6.45) is 1.73. The first kappa shape index (κ1) is 13.8. The molecule has 0 saturated carbocycles. The molecule has 4 heteroatoms. The molecular formula is C15H17ClN2O. The zero-order valence-electron chi connectivity index (χ0n) is 11.3. The SMILES string of the molecule is CNC(C)c1cccnc1Oc1ccc(Cl)c(C)c1. The van der Waals surface area contributed by atoms with Gasteiger partial charge in [0.2, 0.25) is 5.88 Å². The van der Waals surface area contributed by atoms with Crippen LogP contribution >= 0.6 is 11.6 Å². The van der Waals surface area contributed by atoms with Gasteiger partial charge in [0.15, 0.2) is 0 Å². The van der Waals surface area contributed by atoms with E-state index in [1.54, 1.807) is 6.20 Å². The minimum absolute atomic E-state index is 0.178. The molecule has 3 nitrogen and oxygen atoms in total. The van der Waals surface area contributed by atoms with Crippen LogP contribution in [0.15, 0.2) is 36.5 Å². The lowest BCUT2D eigenvalue weighted by molar-refractivity contribution is 0.446. The van der Waals surface area contributed by atoms with Crippen LogP contribution in [-0.2, 0) is 0 Å². The topological polar surface area (TPSA) is 34.2 Å². The van der Waals surface area contributed by atoms with E-state index in [9.17, 15) is 0 Å². The molecule has 0 bridgehead atoms. The average molecular weight is 277 g/mol. The molecule has 0 aliphatic heterocycles. The van der Waals surface area contributed by atoms with Gasteiger partial charge in [0.05, 0.1) is 0 Å². The van der Waals surface area contributed by atoms with Gasteiger partial charge in [-0.05, 0) is 50.7 Å². The summed E-state index contributed by atoms with van der Waals surface area (Å²) >= 11 is 6.01. The number of aryl methyl sites for hydroxylation is 1. The molecule has 2 rings (SSSR count). The highest BCUT2D eigenvalue weighted by atomic mass is 35.5. The fourth-order valence-corrected chi connectivity index (χ4v) is 1.88. The Morgan fingerprint density at radius 2 is 2.11 bits per heavy atom. The Balaban J connectivity index is 2.30. The number of rotatable bonds is 4. The number of halogens is 1. The number of nitrogens with zero attached hydrogens (tertiary/aromatic N) is 1. The van der Waals surface area contributed by atoms with E-state index in [1.807, 2.05) is 44.3 Å².